The van der Waals surface area contributed by atoms with Crippen molar-refractivity contribution in [1.82, 2.24) is 15.2 Å². The molecule has 1 heterocycles. The molecule has 1 rings (SSSR count). The molecule has 0 aliphatic carbocycles. The monoisotopic (exact) mass is 246 g/mol. The second-order valence-corrected chi connectivity index (χ2v) is 4.06. The zero-order valence-electron chi connectivity index (χ0n) is 9.96. The summed E-state index contributed by atoms with van der Waals surface area (Å²) in [5, 5.41) is 4.91. The summed E-state index contributed by atoms with van der Waals surface area (Å²) in [5.41, 5.74) is 4.68. The quantitative estimate of drug-likeness (QED) is 0.576. The molecule has 0 aliphatic rings. The van der Waals surface area contributed by atoms with Gasteiger partial charge in [-0.3, -0.25) is 16.0 Å². The zero-order chi connectivity index (χ0) is 12.1. The van der Waals surface area contributed by atoms with Crippen molar-refractivity contribution in [1.29, 1.82) is 0 Å². The highest BCUT2D eigenvalue weighted by molar-refractivity contribution is 6.30. The lowest BCUT2D eigenvalue weighted by Gasteiger charge is -2.15. The molecule has 0 spiro atoms. The number of hydrogen-bond acceptors (Lipinski definition) is 4. The number of aryl methyl sites for hydroxylation is 2. The van der Waals surface area contributed by atoms with E-state index in [9.17, 15) is 0 Å². The average Bonchev–Trinajstić information content (AvgIpc) is 2.50. The fourth-order valence-electron chi connectivity index (χ4n) is 1.58. The van der Waals surface area contributed by atoms with Gasteiger partial charge in [0, 0.05) is 25.3 Å². The maximum absolute atomic E-state index is 6.14. The molecule has 1 unspecified atom stereocenters. The topological polar surface area (TPSA) is 65.1 Å². The number of ether oxygens (including phenoxy) is 1. The van der Waals surface area contributed by atoms with Gasteiger partial charge in [0.15, 0.2) is 0 Å². The zero-order valence-corrected chi connectivity index (χ0v) is 10.7. The van der Waals surface area contributed by atoms with Gasteiger partial charge in [-0.1, -0.05) is 11.6 Å². The fourth-order valence-corrected chi connectivity index (χ4v) is 1.83. The van der Waals surface area contributed by atoms with Crippen LogP contribution < -0.4 is 11.3 Å². The number of rotatable bonds is 6. The van der Waals surface area contributed by atoms with Crippen LogP contribution in [0.25, 0.3) is 0 Å². The molecular weight excluding hydrogens is 228 g/mol. The third-order valence-corrected chi connectivity index (χ3v) is 2.95. The fraction of sp³-hybridized carbons (Fsp3) is 0.700. The number of aromatic nitrogens is 2. The molecule has 16 heavy (non-hydrogen) atoms. The van der Waals surface area contributed by atoms with E-state index in [2.05, 4.69) is 10.5 Å². The number of hydrogen-bond donors (Lipinski definition) is 2. The first-order valence-corrected chi connectivity index (χ1v) is 5.69. The molecular formula is C10H19ClN4O. The molecule has 1 aromatic heterocycles. The summed E-state index contributed by atoms with van der Waals surface area (Å²) in [5.74, 6) is 5.47. The van der Waals surface area contributed by atoms with Crippen LogP contribution in [0.3, 0.4) is 0 Å². The van der Waals surface area contributed by atoms with Gasteiger partial charge in [-0.25, -0.2) is 0 Å². The Morgan fingerprint density at radius 2 is 2.31 bits per heavy atom. The average molecular weight is 247 g/mol. The number of nitrogens with one attached hydrogen (secondary N) is 1. The summed E-state index contributed by atoms with van der Waals surface area (Å²) >= 11 is 6.14. The summed E-state index contributed by atoms with van der Waals surface area (Å²) in [6.07, 6.45) is 0.717. The molecule has 92 valence electrons. The van der Waals surface area contributed by atoms with Gasteiger partial charge in [0.25, 0.3) is 0 Å². The number of nitrogens with two attached hydrogens (primary N) is 1. The minimum absolute atomic E-state index is 0.0559. The van der Waals surface area contributed by atoms with E-state index in [0.29, 0.717) is 18.4 Å². The van der Waals surface area contributed by atoms with Crippen LogP contribution in [0.15, 0.2) is 0 Å². The van der Waals surface area contributed by atoms with Crippen molar-refractivity contribution in [2.45, 2.75) is 26.3 Å². The Hall–Kier alpha value is -0.620. The van der Waals surface area contributed by atoms with E-state index < -0.39 is 0 Å². The molecule has 0 saturated carbocycles. The molecule has 0 aliphatic heterocycles. The van der Waals surface area contributed by atoms with Crippen LogP contribution in [0.1, 0.15) is 18.2 Å². The molecule has 0 saturated heterocycles. The van der Waals surface area contributed by atoms with E-state index >= 15 is 0 Å². The van der Waals surface area contributed by atoms with Gasteiger partial charge < -0.3 is 4.74 Å². The molecule has 6 heteroatoms. The largest absolute Gasteiger partial charge is 0.380 e. The second kappa shape index (κ2) is 6.20. The molecule has 1 aromatic rings. The first-order valence-electron chi connectivity index (χ1n) is 5.32. The third kappa shape index (κ3) is 3.18. The van der Waals surface area contributed by atoms with Gasteiger partial charge >= 0.3 is 0 Å². The van der Waals surface area contributed by atoms with Crippen molar-refractivity contribution in [3.05, 3.63) is 16.4 Å². The van der Waals surface area contributed by atoms with Gasteiger partial charge in [0.1, 0.15) is 5.15 Å². The van der Waals surface area contributed by atoms with Crippen LogP contribution >= 0.6 is 11.6 Å². The lowest BCUT2D eigenvalue weighted by molar-refractivity contribution is 0.123. The minimum Gasteiger partial charge on any atom is -0.380 e. The van der Waals surface area contributed by atoms with Crippen LogP contribution in [0, 0.1) is 6.92 Å². The lowest BCUT2D eigenvalue weighted by atomic mass is 10.1. The number of halogens is 1. The Kier molecular flexibility index (Phi) is 5.21. The van der Waals surface area contributed by atoms with E-state index in [1.165, 1.54) is 0 Å². The predicted molar refractivity (Wildman–Crippen MR) is 64.3 cm³/mol. The SMILES string of the molecule is CCOCC(Cc1c(C)nn(C)c1Cl)NN. The predicted octanol–water partition coefficient (Wildman–Crippen LogP) is 0.793. The first kappa shape index (κ1) is 13.4. The normalized spacial score (nSPS) is 13.1. The first-order chi connectivity index (χ1) is 7.60. The lowest BCUT2D eigenvalue weighted by Crippen LogP contribution is -2.40. The van der Waals surface area contributed by atoms with Gasteiger partial charge in [0.05, 0.1) is 12.3 Å². The number of nitrogens with zero attached hydrogens (tertiary/aromatic N) is 2. The van der Waals surface area contributed by atoms with Crippen LogP contribution in [0.2, 0.25) is 5.15 Å². The smallest absolute Gasteiger partial charge is 0.130 e. The Morgan fingerprint density at radius 1 is 1.62 bits per heavy atom. The Balaban J connectivity index is 2.69. The Morgan fingerprint density at radius 3 is 2.75 bits per heavy atom. The van der Waals surface area contributed by atoms with Gasteiger partial charge in [-0.05, 0) is 20.3 Å². The molecule has 0 bridgehead atoms. The van der Waals surface area contributed by atoms with Gasteiger partial charge in [-0.15, -0.1) is 0 Å². The van der Waals surface area contributed by atoms with Gasteiger partial charge in [-0.2, -0.15) is 5.10 Å². The summed E-state index contributed by atoms with van der Waals surface area (Å²) in [4.78, 5) is 0. The minimum atomic E-state index is 0.0559. The van der Waals surface area contributed by atoms with Crippen molar-refractivity contribution >= 4 is 11.6 Å². The van der Waals surface area contributed by atoms with Crippen molar-refractivity contribution < 1.29 is 4.74 Å². The molecule has 1 atom stereocenters. The van der Waals surface area contributed by atoms with Crippen molar-refractivity contribution in [2.75, 3.05) is 13.2 Å². The van der Waals surface area contributed by atoms with Crippen LogP contribution in [-0.4, -0.2) is 29.0 Å². The maximum atomic E-state index is 6.14. The van der Waals surface area contributed by atoms with Crippen LogP contribution in [-0.2, 0) is 18.2 Å². The maximum Gasteiger partial charge on any atom is 0.130 e. The van der Waals surface area contributed by atoms with E-state index in [1.54, 1.807) is 4.68 Å². The molecule has 0 aromatic carbocycles. The highest BCUT2D eigenvalue weighted by Crippen LogP contribution is 2.20. The molecule has 0 fully saturated rings. The van der Waals surface area contributed by atoms with E-state index in [4.69, 9.17) is 22.2 Å². The second-order valence-electron chi connectivity index (χ2n) is 3.71. The van der Waals surface area contributed by atoms with Crippen LogP contribution in [0.5, 0.6) is 0 Å². The van der Waals surface area contributed by atoms with E-state index in [1.807, 2.05) is 20.9 Å². The number of hydrazine groups is 1. The standard InChI is InChI=1S/C10H19ClN4O/c1-4-16-6-8(13-12)5-9-7(2)14-15(3)10(9)11/h8,13H,4-6,12H2,1-3H3. The molecule has 5 nitrogen and oxygen atoms in total. The van der Waals surface area contributed by atoms with Crippen LogP contribution in [0.4, 0.5) is 0 Å². The van der Waals surface area contributed by atoms with Crippen molar-refractivity contribution in [2.24, 2.45) is 12.9 Å². The molecule has 0 amide bonds. The highest BCUT2D eigenvalue weighted by atomic mass is 35.5. The van der Waals surface area contributed by atoms with E-state index in [-0.39, 0.29) is 6.04 Å². The summed E-state index contributed by atoms with van der Waals surface area (Å²) in [6, 6.07) is 0.0559. The summed E-state index contributed by atoms with van der Waals surface area (Å²) < 4.78 is 7.00. The summed E-state index contributed by atoms with van der Waals surface area (Å²) in [7, 11) is 1.83. The Bertz CT molecular complexity index is 340. The van der Waals surface area contributed by atoms with Crippen molar-refractivity contribution in [3.63, 3.8) is 0 Å². The van der Waals surface area contributed by atoms with Gasteiger partial charge in [0.2, 0.25) is 0 Å². The molecule has 0 radical (unpaired) electrons. The van der Waals surface area contributed by atoms with E-state index in [0.717, 1.165) is 17.7 Å². The Labute approximate surface area is 101 Å². The third-order valence-electron chi connectivity index (χ3n) is 2.48. The van der Waals surface area contributed by atoms with Crippen molar-refractivity contribution in [3.8, 4) is 0 Å². The highest BCUT2D eigenvalue weighted by Gasteiger charge is 2.16. The summed E-state index contributed by atoms with van der Waals surface area (Å²) in [6.45, 7) is 5.14. The molecule has 3 N–H and O–H groups in total.